The summed E-state index contributed by atoms with van der Waals surface area (Å²) in [6.45, 7) is 1.28. The minimum atomic E-state index is -4.80. The van der Waals surface area contributed by atoms with Gasteiger partial charge in [0.05, 0.1) is 5.56 Å². The Kier molecular flexibility index (Phi) is 5.02. The number of carbonyl (C=O) groups is 2. The summed E-state index contributed by atoms with van der Waals surface area (Å²) in [5.74, 6) is -1.42. The molecule has 3 N–H and O–H groups in total. The lowest BCUT2D eigenvalue weighted by molar-refractivity contribution is -0.141. The predicted molar refractivity (Wildman–Crippen MR) is 74.2 cm³/mol. The van der Waals surface area contributed by atoms with Crippen LogP contribution in [0.4, 0.5) is 19.1 Å². The molecular weight excluding hydrogens is 315 g/mol. The highest BCUT2D eigenvalue weighted by molar-refractivity contribution is 5.95. The van der Waals surface area contributed by atoms with Crippen molar-refractivity contribution in [2.75, 3.05) is 25.4 Å². The van der Waals surface area contributed by atoms with Gasteiger partial charge < -0.3 is 16.0 Å². The summed E-state index contributed by atoms with van der Waals surface area (Å²) in [4.78, 5) is 31.5. The molecule has 23 heavy (non-hydrogen) atoms. The van der Waals surface area contributed by atoms with Gasteiger partial charge in [-0.2, -0.15) is 13.2 Å². The molecule has 10 heteroatoms. The molecule has 0 radical (unpaired) electrons. The molecule has 1 aromatic rings. The molecule has 2 rings (SSSR count). The van der Waals surface area contributed by atoms with Gasteiger partial charge in [0, 0.05) is 32.3 Å². The largest absolute Gasteiger partial charge is 0.434 e. The van der Waals surface area contributed by atoms with E-state index in [1.54, 1.807) is 4.90 Å². The van der Waals surface area contributed by atoms with Crippen LogP contribution in [0.2, 0.25) is 0 Å². The molecular formula is C13H16F3N5O2. The van der Waals surface area contributed by atoms with Crippen molar-refractivity contribution in [3.05, 3.63) is 17.5 Å². The van der Waals surface area contributed by atoms with Crippen molar-refractivity contribution < 1.29 is 22.8 Å². The van der Waals surface area contributed by atoms with E-state index in [1.807, 2.05) is 0 Å². The third kappa shape index (κ3) is 4.30. The van der Waals surface area contributed by atoms with E-state index in [0.717, 1.165) is 12.6 Å². The lowest BCUT2D eigenvalue weighted by Gasteiger charge is -2.15. The summed E-state index contributed by atoms with van der Waals surface area (Å²) in [7, 11) is 0. The van der Waals surface area contributed by atoms with Gasteiger partial charge in [0.1, 0.15) is 0 Å². The standard InChI is InChI=1S/C13H16F3N5O2/c14-13(15,16)10-8(7-19-12(17)20-10)11(23)18-4-2-6-21-5-1-3-9(21)22/h7H,1-6H2,(H,18,23)(H2,17,19,20). The number of amides is 2. The predicted octanol–water partition coefficient (Wildman–Crippen LogP) is 0.820. The van der Waals surface area contributed by atoms with E-state index in [4.69, 9.17) is 5.73 Å². The Morgan fingerprint density at radius 3 is 2.78 bits per heavy atom. The third-order valence-corrected chi connectivity index (χ3v) is 3.38. The molecule has 1 saturated heterocycles. The number of hydrogen-bond donors (Lipinski definition) is 2. The second kappa shape index (κ2) is 6.80. The summed E-state index contributed by atoms with van der Waals surface area (Å²) < 4.78 is 38.6. The molecule has 0 atom stereocenters. The maximum absolute atomic E-state index is 12.9. The van der Waals surface area contributed by atoms with Crippen LogP contribution in [0.5, 0.6) is 0 Å². The Hall–Kier alpha value is -2.39. The van der Waals surface area contributed by atoms with Crippen molar-refractivity contribution in [2.45, 2.75) is 25.4 Å². The molecule has 1 aliphatic rings. The van der Waals surface area contributed by atoms with Crippen LogP contribution in [-0.4, -0.2) is 46.3 Å². The maximum Gasteiger partial charge on any atom is 0.434 e. The topological polar surface area (TPSA) is 101 Å². The fourth-order valence-corrected chi connectivity index (χ4v) is 2.29. The number of likely N-dealkylation sites (tertiary alicyclic amines) is 1. The zero-order valence-corrected chi connectivity index (χ0v) is 12.2. The Morgan fingerprint density at radius 2 is 2.17 bits per heavy atom. The molecule has 1 aliphatic heterocycles. The van der Waals surface area contributed by atoms with Crippen LogP contribution in [0.25, 0.3) is 0 Å². The van der Waals surface area contributed by atoms with Crippen molar-refractivity contribution >= 4 is 17.8 Å². The van der Waals surface area contributed by atoms with Crippen LogP contribution in [0.3, 0.4) is 0 Å². The Balaban J connectivity index is 1.92. The van der Waals surface area contributed by atoms with Crippen LogP contribution in [-0.2, 0) is 11.0 Å². The van der Waals surface area contributed by atoms with Crippen LogP contribution in [0.1, 0.15) is 35.3 Å². The van der Waals surface area contributed by atoms with E-state index >= 15 is 0 Å². The van der Waals surface area contributed by atoms with Crippen LogP contribution >= 0.6 is 0 Å². The van der Waals surface area contributed by atoms with E-state index in [0.29, 0.717) is 25.9 Å². The van der Waals surface area contributed by atoms with Crippen molar-refractivity contribution in [3.8, 4) is 0 Å². The fourth-order valence-electron chi connectivity index (χ4n) is 2.29. The van der Waals surface area contributed by atoms with Crippen LogP contribution in [0.15, 0.2) is 6.20 Å². The van der Waals surface area contributed by atoms with Gasteiger partial charge in [0.15, 0.2) is 5.69 Å². The molecule has 1 aromatic heterocycles. The highest BCUT2D eigenvalue weighted by Crippen LogP contribution is 2.30. The van der Waals surface area contributed by atoms with Crippen LogP contribution in [0, 0.1) is 0 Å². The second-order valence-corrected chi connectivity index (χ2v) is 5.08. The molecule has 0 unspecified atom stereocenters. The van der Waals surface area contributed by atoms with Crippen LogP contribution < -0.4 is 11.1 Å². The summed E-state index contributed by atoms with van der Waals surface area (Å²) in [5, 5.41) is 2.37. The molecule has 2 heterocycles. The van der Waals surface area contributed by atoms with E-state index in [2.05, 4.69) is 15.3 Å². The number of aromatic nitrogens is 2. The maximum atomic E-state index is 12.9. The van der Waals surface area contributed by atoms with Gasteiger partial charge in [-0.05, 0) is 12.8 Å². The summed E-state index contributed by atoms with van der Waals surface area (Å²) in [6.07, 6.45) is -2.27. The highest BCUT2D eigenvalue weighted by atomic mass is 19.4. The first-order valence-electron chi connectivity index (χ1n) is 7.04. The quantitative estimate of drug-likeness (QED) is 0.778. The van der Waals surface area contributed by atoms with E-state index in [9.17, 15) is 22.8 Å². The Labute approximate surface area is 130 Å². The van der Waals surface area contributed by atoms with Crippen molar-refractivity contribution in [1.82, 2.24) is 20.2 Å². The number of halogens is 3. The zero-order chi connectivity index (χ0) is 17.0. The summed E-state index contributed by atoms with van der Waals surface area (Å²) in [5.41, 5.74) is 3.10. The molecule has 2 amide bonds. The van der Waals surface area contributed by atoms with Crippen molar-refractivity contribution in [3.63, 3.8) is 0 Å². The van der Waals surface area contributed by atoms with Gasteiger partial charge in [-0.3, -0.25) is 9.59 Å². The number of nitrogens with zero attached hydrogens (tertiary/aromatic N) is 3. The third-order valence-electron chi connectivity index (χ3n) is 3.38. The number of nitrogen functional groups attached to an aromatic ring is 1. The van der Waals surface area contributed by atoms with E-state index in [-0.39, 0.29) is 12.5 Å². The molecule has 0 saturated carbocycles. The second-order valence-electron chi connectivity index (χ2n) is 5.08. The van der Waals surface area contributed by atoms with Gasteiger partial charge >= 0.3 is 6.18 Å². The number of rotatable bonds is 5. The SMILES string of the molecule is Nc1ncc(C(=O)NCCCN2CCCC2=O)c(C(F)(F)F)n1. The molecule has 7 nitrogen and oxygen atoms in total. The number of nitrogens with two attached hydrogens (primary N) is 1. The number of anilines is 1. The number of hydrogen-bond acceptors (Lipinski definition) is 5. The normalized spacial score (nSPS) is 15.1. The minimum absolute atomic E-state index is 0.0580. The fraction of sp³-hybridized carbons (Fsp3) is 0.538. The van der Waals surface area contributed by atoms with Gasteiger partial charge in [-0.25, -0.2) is 9.97 Å². The zero-order valence-electron chi connectivity index (χ0n) is 12.2. The average molecular weight is 331 g/mol. The molecule has 126 valence electrons. The first kappa shape index (κ1) is 17.0. The molecule has 0 aromatic carbocycles. The smallest absolute Gasteiger partial charge is 0.368 e. The first-order valence-corrected chi connectivity index (χ1v) is 7.04. The lowest BCUT2D eigenvalue weighted by atomic mass is 10.2. The van der Waals surface area contributed by atoms with E-state index in [1.165, 1.54) is 0 Å². The van der Waals surface area contributed by atoms with Crippen molar-refractivity contribution in [1.29, 1.82) is 0 Å². The van der Waals surface area contributed by atoms with E-state index < -0.39 is 29.3 Å². The molecule has 0 aliphatic carbocycles. The van der Waals surface area contributed by atoms with Gasteiger partial charge in [-0.15, -0.1) is 0 Å². The highest BCUT2D eigenvalue weighted by Gasteiger charge is 2.37. The Morgan fingerprint density at radius 1 is 1.43 bits per heavy atom. The van der Waals surface area contributed by atoms with Gasteiger partial charge in [0.2, 0.25) is 11.9 Å². The minimum Gasteiger partial charge on any atom is -0.368 e. The van der Waals surface area contributed by atoms with Gasteiger partial charge in [0.25, 0.3) is 5.91 Å². The first-order chi connectivity index (χ1) is 10.8. The average Bonchev–Trinajstić information content (AvgIpc) is 2.88. The molecule has 1 fully saturated rings. The number of carbonyl (C=O) groups excluding carboxylic acids is 2. The Bertz CT molecular complexity index is 606. The number of nitrogens with one attached hydrogen (secondary N) is 1. The molecule has 0 spiro atoms. The lowest BCUT2D eigenvalue weighted by Crippen LogP contribution is -2.32. The van der Waals surface area contributed by atoms with Crippen molar-refractivity contribution in [2.24, 2.45) is 0 Å². The summed E-state index contributed by atoms with van der Waals surface area (Å²) >= 11 is 0. The monoisotopic (exact) mass is 331 g/mol. The number of alkyl halides is 3. The summed E-state index contributed by atoms with van der Waals surface area (Å²) in [6, 6.07) is 0. The van der Waals surface area contributed by atoms with Gasteiger partial charge in [-0.1, -0.05) is 0 Å². The molecule has 0 bridgehead atoms.